The maximum atomic E-state index is 5.21. The van der Waals surface area contributed by atoms with Gasteiger partial charge in [0, 0.05) is 6.04 Å². The molecule has 0 spiro atoms. The van der Waals surface area contributed by atoms with Crippen molar-refractivity contribution in [1.82, 2.24) is 5.48 Å². The fourth-order valence-corrected chi connectivity index (χ4v) is 1.86. The molecule has 3 atom stereocenters. The third-order valence-corrected chi connectivity index (χ3v) is 2.99. The molecule has 0 aromatic carbocycles. The third-order valence-electron chi connectivity index (χ3n) is 2.99. The molecule has 0 aromatic heterocycles. The monoisotopic (exact) mass is 171 g/mol. The summed E-state index contributed by atoms with van der Waals surface area (Å²) in [5, 5.41) is 0. The molecule has 1 aliphatic rings. The van der Waals surface area contributed by atoms with Crippen LogP contribution >= 0.6 is 0 Å². The Kier molecular flexibility index (Phi) is 4.02. The lowest BCUT2D eigenvalue weighted by molar-refractivity contribution is 0.00426. The summed E-state index contributed by atoms with van der Waals surface area (Å²) >= 11 is 0. The van der Waals surface area contributed by atoms with E-state index in [0.717, 1.165) is 18.4 Å². The van der Waals surface area contributed by atoms with Crippen molar-refractivity contribution < 1.29 is 4.84 Å². The van der Waals surface area contributed by atoms with Gasteiger partial charge in [0.15, 0.2) is 0 Å². The highest BCUT2D eigenvalue weighted by atomic mass is 16.6. The zero-order chi connectivity index (χ0) is 8.97. The van der Waals surface area contributed by atoms with Crippen molar-refractivity contribution >= 4 is 0 Å². The molecule has 1 rings (SSSR count). The van der Waals surface area contributed by atoms with Gasteiger partial charge < -0.3 is 4.84 Å². The molecule has 72 valence electrons. The molecule has 0 bridgehead atoms. The van der Waals surface area contributed by atoms with Crippen molar-refractivity contribution in [2.45, 2.75) is 46.1 Å². The summed E-state index contributed by atoms with van der Waals surface area (Å²) in [6.45, 7) is 7.47. The minimum absolute atomic E-state index is 0.594. The second kappa shape index (κ2) is 4.83. The van der Waals surface area contributed by atoms with E-state index in [1.165, 1.54) is 19.3 Å². The fraction of sp³-hybridized carbons (Fsp3) is 1.00. The Morgan fingerprint density at radius 2 is 2.00 bits per heavy atom. The highest BCUT2D eigenvalue weighted by Gasteiger charge is 2.24. The van der Waals surface area contributed by atoms with E-state index in [4.69, 9.17) is 4.84 Å². The van der Waals surface area contributed by atoms with Crippen LogP contribution in [0.2, 0.25) is 0 Å². The first kappa shape index (κ1) is 10.0. The van der Waals surface area contributed by atoms with Gasteiger partial charge in [-0.1, -0.05) is 13.8 Å². The van der Waals surface area contributed by atoms with Crippen molar-refractivity contribution in [2.75, 3.05) is 6.61 Å². The molecular formula is C10H21NO. The summed E-state index contributed by atoms with van der Waals surface area (Å²) in [6, 6.07) is 0.594. The largest absolute Gasteiger partial charge is 0.302 e. The maximum Gasteiger partial charge on any atom is 0.0654 e. The molecule has 0 aliphatic heterocycles. The molecule has 1 saturated carbocycles. The molecule has 2 heteroatoms. The molecule has 1 N–H and O–H groups in total. The minimum Gasteiger partial charge on any atom is -0.302 e. The quantitative estimate of drug-likeness (QED) is 0.658. The molecule has 1 fully saturated rings. The lowest BCUT2D eigenvalue weighted by Gasteiger charge is -2.32. The van der Waals surface area contributed by atoms with Crippen molar-refractivity contribution in [2.24, 2.45) is 11.8 Å². The van der Waals surface area contributed by atoms with Crippen LogP contribution in [0.25, 0.3) is 0 Å². The maximum absolute atomic E-state index is 5.21. The summed E-state index contributed by atoms with van der Waals surface area (Å²) in [4.78, 5) is 5.21. The zero-order valence-corrected chi connectivity index (χ0v) is 8.47. The SMILES string of the molecule is CCONC1CCC(C)C(C)C1. The van der Waals surface area contributed by atoms with E-state index >= 15 is 0 Å². The van der Waals surface area contributed by atoms with Crippen LogP contribution in [0, 0.1) is 11.8 Å². The van der Waals surface area contributed by atoms with Crippen molar-refractivity contribution in [1.29, 1.82) is 0 Å². The lowest BCUT2D eigenvalue weighted by atomic mass is 9.79. The van der Waals surface area contributed by atoms with Crippen LogP contribution in [0.15, 0.2) is 0 Å². The van der Waals surface area contributed by atoms with E-state index in [1.807, 2.05) is 6.92 Å². The molecular weight excluding hydrogens is 150 g/mol. The van der Waals surface area contributed by atoms with Crippen LogP contribution in [-0.2, 0) is 4.84 Å². The smallest absolute Gasteiger partial charge is 0.0654 e. The van der Waals surface area contributed by atoms with E-state index in [-0.39, 0.29) is 0 Å². The Morgan fingerprint density at radius 1 is 1.25 bits per heavy atom. The molecule has 0 saturated heterocycles. The standard InChI is InChI=1S/C10H21NO/c1-4-12-11-10-6-5-8(2)9(3)7-10/h8-11H,4-7H2,1-3H3. The minimum atomic E-state index is 0.594. The number of hydroxylamine groups is 1. The summed E-state index contributed by atoms with van der Waals surface area (Å²) in [6.07, 6.45) is 3.87. The first-order valence-corrected chi connectivity index (χ1v) is 5.11. The highest BCUT2D eigenvalue weighted by Crippen LogP contribution is 2.29. The summed E-state index contributed by atoms with van der Waals surface area (Å²) in [7, 11) is 0. The van der Waals surface area contributed by atoms with Crippen LogP contribution < -0.4 is 5.48 Å². The van der Waals surface area contributed by atoms with Gasteiger partial charge in [-0.05, 0) is 38.0 Å². The van der Waals surface area contributed by atoms with Crippen LogP contribution in [0.1, 0.15) is 40.0 Å². The van der Waals surface area contributed by atoms with Gasteiger partial charge in [-0.25, -0.2) is 0 Å². The average molecular weight is 171 g/mol. The van der Waals surface area contributed by atoms with Gasteiger partial charge in [0.2, 0.25) is 0 Å². The molecule has 1 aliphatic carbocycles. The van der Waals surface area contributed by atoms with E-state index in [1.54, 1.807) is 0 Å². The van der Waals surface area contributed by atoms with Crippen LogP contribution in [0.3, 0.4) is 0 Å². The first-order valence-electron chi connectivity index (χ1n) is 5.11. The van der Waals surface area contributed by atoms with E-state index in [0.29, 0.717) is 6.04 Å². The molecule has 12 heavy (non-hydrogen) atoms. The summed E-state index contributed by atoms with van der Waals surface area (Å²) in [5.41, 5.74) is 3.12. The Labute approximate surface area is 75.6 Å². The molecule has 0 amide bonds. The zero-order valence-electron chi connectivity index (χ0n) is 8.47. The molecule has 2 nitrogen and oxygen atoms in total. The Hall–Kier alpha value is -0.0800. The van der Waals surface area contributed by atoms with Gasteiger partial charge in [-0.3, -0.25) is 0 Å². The van der Waals surface area contributed by atoms with Gasteiger partial charge >= 0.3 is 0 Å². The fourth-order valence-electron chi connectivity index (χ4n) is 1.86. The normalized spacial score (nSPS) is 36.8. The summed E-state index contributed by atoms with van der Waals surface area (Å²) in [5.74, 6) is 1.74. The van der Waals surface area contributed by atoms with Gasteiger partial charge in [0.1, 0.15) is 0 Å². The summed E-state index contributed by atoms with van der Waals surface area (Å²) < 4.78 is 0. The van der Waals surface area contributed by atoms with Gasteiger partial charge in [-0.2, -0.15) is 5.48 Å². The molecule has 3 unspecified atom stereocenters. The van der Waals surface area contributed by atoms with Crippen molar-refractivity contribution in [3.63, 3.8) is 0 Å². The highest BCUT2D eigenvalue weighted by molar-refractivity contribution is 4.77. The molecule has 0 aromatic rings. The van der Waals surface area contributed by atoms with Gasteiger partial charge in [0.25, 0.3) is 0 Å². The predicted molar refractivity (Wildman–Crippen MR) is 50.7 cm³/mol. The number of nitrogens with one attached hydrogen (secondary N) is 1. The molecule has 0 heterocycles. The van der Waals surface area contributed by atoms with Crippen LogP contribution in [0.5, 0.6) is 0 Å². The lowest BCUT2D eigenvalue weighted by Crippen LogP contribution is -2.36. The Bertz CT molecular complexity index is 125. The first-order chi connectivity index (χ1) is 5.74. The topological polar surface area (TPSA) is 21.3 Å². The van der Waals surface area contributed by atoms with Gasteiger partial charge in [0.05, 0.1) is 6.61 Å². The average Bonchev–Trinajstić information content (AvgIpc) is 2.07. The predicted octanol–water partition coefficient (Wildman–Crippen LogP) is 2.35. The number of hydrogen-bond acceptors (Lipinski definition) is 2. The second-order valence-electron chi connectivity index (χ2n) is 4.02. The number of rotatable bonds is 3. The second-order valence-corrected chi connectivity index (χ2v) is 4.02. The van der Waals surface area contributed by atoms with Crippen LogP contribution in [-0.4, -0.2) is 12.6 Å². The van der Waals surface area contributed by atoms with Gasteiger partial charge in [-0.15, -0.1) is 0 Å². The third kappa shape index (κ3) is 2.76. The Balaban J connectivity index is 2.21. The van der Waals surface area contributed by atoms with Crippen LogP contribution in [0.4, 0.5) is 0 Å². The van der Waals surface area contributed by atoms with E-state index < -0.39 is 0 Å². The van der Waals surface area contributed by atoms with E-state index in [9.17, 15) is 0 Å². The van der Waals surface area contributed by atoms with E-state index in [2.05, 4.69) is 19.3 Å². The number of hydrogen-bond donors (Lipinski definition) is 1. The molecule has 0 radical (unpaired) electrons. The Morgan fingerprint density at radius 3 is 2.58 bits per heavy atom. The van der Waals surface area contributed by atoms with Crippen molar-refractivity contribution in [3.8, 4) is 0 Å². The van der Waals surface area contributed by atoms with Crippen molar-refractivity contribution in [3.05, 3.63) is 0 Å².